The molecule has 0 unspecified atom stereocenters. The van der Waals surface area contributed by atoms with E-state index in [-0.39, 0.29) is 13.0 Å². The van der Waals surface area contributed by atoms with E-state index in [4.69, 9.17) is 20.4 Å². The van der Waals surface area contributed by atoms with Gasteiger partial charge in [-0.1, -0.05) is 0 Å². The monoisotopic (exact) mass is 208 g/mol. The molecule has 4 N–H and O–H groups in total. The maximum atomic E-state index is 9.77. The Hall–Kier alpha value is -1.14. The van der Waals surface area contributed by atoms with Gasteiger partial charge in [0.2, 0.25) is 0 Å². The molecule has 0 radical (unpaired) electrons. The van der Waals surface area contributed by atoms with Gasteiger partial charge in [0, 0.05) is 13.0 Å². The van der Waals surface area contributed by atoms with E-state index >= 15 is 0 Å². The third-order valence-electron chi connectivity index (χ3n) is 1.07. The summed E-state index contributed by atoms with van der Waals surface area (Å²) >= 11 is 0. The minimum atomic E-state index is -1.58. The summed E-state index contributed by atoms with van der Waals surface area (Å²) in [5.41, 5.74) is -1.58. The van der Waals surface area contributed by atoms with E-state index in [0.717, 1.165) is 0 Å². The summed E-state index contributed by atoms with van der Waals surface area (Å²) in [5, 5.41) is 32.5. The van der Waals surface area contributed by atoms with Crippen molar-refractivity contribution < 1.29 is 30.0 Å². The molecule has 14 heavy (non-hydrogen) atoms. The molecule has 0 aliphatic rings. The summed E-state index contributed by atoms with van der Waals surface area (Å²) in [5.74, 6) is -2.05. The Bertz CT molecular complexity index is 181. The van der Waals surface area contributed by atoms with Crippen molar-refractivity contribution in [2.75, 3.05) is 6.61 Å². The Balaban J connectivity index is 0. The van der Waals surface area contributed by atoms with Crippen LogP contribution in [0.5, 0.6) is 0 Å². The van der Waals surface area contributed by atoms with Gasteiger partial charge in [-0.05, 0) is 20.3 Å². The molecule has 0 bridgehead atoms. The zero-order chi connectivity index (χ0) is 11.8. The van der Waals surface area contributed by atoms with Gasteiger partial charge in [-0.25, -0.2) is 4.79 Å². The number of carboxylic acid groups (broad SMARTS) is 2. The summed E-state index contributed by atoms with van der Waals surface area (Å²) < 4.78 is 0. The standard InChI is InChI=1S/2C4H8O3/c1-4(2,7)3(5)6;5-3-1-2-4(6)7/h7H,1-2H3,(H,5,6);5H,1-3H2,(H,6,7). The summed E-state index contributed by atoms with van der Waals surface area (Å²) in [7, 11) is 0. The van der Waals surface area contributed by atoms with Crippen molar-refractivity contribution >= 4 is 11.9 Å². The van der Waals surface area contributed by atoms with Gasteiger partial charge in [0.05, 0.1) is 0 Å². The van der Waals surface area contributed by atoms with Crippen LogP contribution in [0, 0.1) is 0 Å². The van der Waals surface area contributed by atoms with E-state index in [1.807, 2.05) is 0 Å². The molecule has 0 amide bonds. The Kier molecular flexibility index (Phi) is 7.98. The first-order valence-electron chi connectivity index (χ1n) is 4.00. The average Bonchev–Trinajstić information content (AvgIpc) is 2.00. The number of hydrogen-bond acceptors (Lipinski definition) is 4. The van der Waals surface area contributed by atoms with E-state index in [9.17, 15) is 9.59 Å². The van der Waals surface area contributed by atoms with Crippen molar-refractivity contribution in [2.45, 2.75) is 32.3 Å². The van der Waals surface area contributed by atoms with Crippen molar-refractivity contribution in [3.63, 3.8) is 0 Å². The maximum Gasteiger partial charge on any atom is 0.335 e. The Morgan fingerprint density at radius 2 is 1.57 bits per heavy atom. The normalized spacial score (nSPS) is 10.0. The predicted octanol–water partition coefficient (Wildman–Crippen LogP) is -0.315. The van der Waals surface area contributed by atoms with E-state index in [1.54, 1.807) is 0 Å². The van der Waals surface area contributed by atoms with Crippen LogP contribution in [0.3, 0.4) is 0 Å². The number of carboxylic acids is 2. The van der Waals surface area contributed by atoms with Gasteiger partial charge < -0.3 is 20.4 Å². The van der Waals surface area contributed by atoms with Gasteiger partial charge in [0.25, 0.3) is 0 Å². The van der Waals surface area contributed by atoms with Gasteiger partial charge >= 0.3 is 11.9 Å². The van der Waals surface area contributed by atoms with Crippen molar-refractivity contribution in [2.24, 2.45) is 0 Å². The van der Waals surface area contributed by atoms with Crippen LogP contribution < -0.4 is 0 Å². The average molecular weight is 208 g/mol. The first-order chi connectivity index (χ1) is 6.21. The van der Waals surface area contributed by atoms with Crippen molar-refractivity contribution in [1.82, 2.24) is 0 Å². The first-order valence-corrected chi connectivity index (χ1v) is 4.00. The number of aliphatic hydroxyl groups is 2. The zero-order valence-corrected chi connectivity index (χ0v) is 8.23. The molecule has 0 fully saturated rings. The lowest BCUT2D eigenvalue weighted by molar-refractivity contribution is -0.154. The zero-order valence-electron chi connectivity index (χ0n) is 8.23. The largest absolute Gasteiger partial charge is 0.481 e. The molecule has 0 rings (SSSR count). The third-order valence-corrected chi connectivity index (χ3v) is 1.07. The van der Waals surface area contributed by atoms with Crippen molar-refractivity contribution in [3.8, 4) is 0 Å². The molecule has 6 nitrogen and oxygen atoms in total. The highest BCUT2D eigenvalue weighted by Gasteiger charge is 2.21. The lowest BCUT2D eigenvalue weighted by atomic mass is 10.1. The molecule has 0 saturated heterocycles. The quantitative estimate of drug-likeness (QED) is 0.503. The summed E-state index contributed by atoms with van der Waals surface area (Å²) in [6, 6.07) is 0. The number of rotatable bonds is 4. The number of carbonyl (C=O) groups is 2. The number of aliphatic hydroxyl groups excluding tert-OH is 1. The molecule has 0 heterocycles. The van der Waals surface area contributed by atoms with Crippen molar-refractivity contribution in [1.29, 1.82) is 0 Å². The van der Waals surface area contributed by atoms with Crippen LogP contribution in [-0.2, 0) is 9.59 Å². The fraction of sp³-hybridized carbons (Fsp3) is 0.750. The fourth-order valence-electron chi connectivity index (χ4n) is 0.230. The summed E-state index contributed by atoms with van der Waals surface area (Å²) in [4.78, 5) is 19.4. The van der Waals surface area contributed by atoms with Crippen LogP contribution in [-0.4, -0.2) is 44.6 Å². The Labute approximate surface area is 81.8 Å². The molecular weight excluding hydrogens is 192 g/mol. The van der Waals surface area contributed by atoms with Crippen LogP contribution in [0.1, 0.15) is 26.7 Å². The fourth-order valence-corrected chi connectivity index (χ4v) is 0.230. The van der Waals surface area contributed by atoms with E-state index < -0.39 is 17.5 Å². The van der Waals surface area contributed by atoms with E-state index in [2.05, 4.69) is 0 Å². The molecule has 84 valence electrons. The number of aliphatic carboxylic acids is 2. The highest BCUT2D eigenvalue weighted by atomic mass is 16.4. The molecule has 0 aromatic rings. The van der Waals surface area contributed by atoms with Crippen LogP contribution in [0.2, 0.25) is 0 Å². The molecule has 0 aromatic carbocycles. The second-order valence-electron chi connectivity index (χ2n) is 3.09. The van der Waals surface area contributed by atoms with Crippen LogP contribution in [0.4, 0.5) is 0 Å². The summed E-state index contributed by atoms with van der Waals surface area (Å²) in [6.45, 7) is 2.40. The summed E-state index contributed by atoms with van der Waals surface area (Å²) in [6.07, 6.45) is 0.422. The minimum Gasteiger partial charge on any atom is -0.481 e. The van der Waals surface area contributed by atoms with Crippen LogP contribution in [0.25, 0.3) is 0 Å². The lowest BCUT2D eigenvalue weighted by Gasteiger charge is -2.07. The SMILES string of the molecule is CC(C)(O)C(=O)O.O=C(O)CCCO. The van der Waals surface area contributed by atoms with Gasteiger partial charge in [-0.2, -0.15) is 0 Å². The van der Waals surface area contributed by atoms with Crippen LogP contribution >= 0.6 is 0 Å². The highest BCUT2D eigenvalue weighted by Crippen LogP contribution is 1.97. The molecule has 0 spiro atoms. The highest BCUT2D eigenvalue weighted by molar-refractivity contribution is 5.75. The van der Waals surface area contributed by atoms with Gasteiger partial charge in [-0.15, -0.1) is 0 Å². The molecule has 0 saturated carbocycles. The molecule has 0 aliphatic heterocycles. The molecule has 0 atom stereocenters. The molecule has 6 heteroatoms. The van der Waals surface area contributed by atoms with Gasteiger partial charge in [0.15, 0.2) is 5.60 Å². The van der Waals surface area contributed by atoms with E-state index in [1.165, 1.54) is 13.8 Å². The topological polar surface area (TPSA) is 115 Å². The third kappa shape index (κ3) is 13.4. The molecular formula is C8H16O6. The van der Waals surface area contributed by atoms with Gasteiger partial charge in [-0.3, -0.25) is 4.79 Å². The molecule has 0 aromatic heterocycles. The molecule has 0 aliphatic carbocycles. The second-order valence-corrected chi connectivity index (χ2v) is 3.09. The van der Waals surface area contributed by atoms with Crippen molar-refractivity contribution in [3.05, 3.63) is 0 Å². The van der Waals surface area contributed by atoms with Gasteiger partial charge in [0.1, 0.15) is 0 Å². The Morgan fingerprint density at radius 3 is 1.64 bits per heavy atom. The lowest BCUT2D eigenvalue weighted by Crippen LogP contribution is -2.30. The van der Waals surface area contributed by atoms with Crippen LogP contribution in [0.15, 0.2) is 0 Å². The predicted molar refractivity (Wildman–Crippen MR) is 47.9 cm³/mol. The Morgan fingerprint density at radius 1 is 1.21 bits per heavy atom. The minimum absolute atomic E-state index is 0.0354. The maximum absolute atomic E-state index is 9.77. The van der Waals surface area contributed by atoms with E-state index in [0.29, 0.717) is 6.42 Å². The first kappa shape index (κ1) is 15.3. The number of hydrogen-bond donors (Lipinski definition) is 4. The second kappa shape index (κ2) is 7.28. The smallest absolute Gasteiger partial charge is 0.335 e.